The normalized spacial score (nSPS) is 58.4. The Hall–Kier alpha value is 0.0900. The van der Waals surface area contributed by atoms with Crippen LogP contribution in [0.3, 0.4) is 0 Å². The largest absolute Gasteiger partial charge is 1.00 e. The number of halogens is 1. The van der Waals surface area contributed by atoms with Gasteiger partial charge < -0.3 is 38.6 Å². The van der Waals surface area contributed by atoms with Gasteiger partial charge in [-0.15, -0.1) is 0 Å². The number of aliphatic hydroxyl groups is 4. The average molecular weight is 212 g/mol. The fourth-order valence-electron chi connectivity index (χ4n) is 2.50. The van der Waals surface area contributed by atoms with E-state index in [1.165, 1.54) is 0 Å². The van der Waals surface area contributed by atoms with Gasteiger partial charge in [0.2, 0.25) is 0 Å². The van der Waals surface area contributed by atoms with Crippen molar-refractivity contribution in [2.24, 2.45) is 11.8 Å². The van der Waals surface area contributed by atoms with Crippen LogP contribution in [-0.2, 0) is 0 Å². The standard InChI is InChI=1S/C7H13NO4.ClH/c8-5-3-2(1-9)4(10)6(11)7(3,5)12;/h2-6,9-12H,1,8H2;1H/t2-,3+,4+,5-,6-,7-;/m0./s1. The quantitative estimate of drug-likeness (QED) is 0.297. The van der Waals surface area contributed by atoms with Gasteiger partial charge in [0.25, 0.3) is 0 Å². The molecule has 0 heterocycles. The smallest absolute Gasteiger partial charge is 0.153 e. The first-order chi connectivity index (χ1) is 5.55. The first-order valence-corrected chi connectivity index (χ1v) is 4.07. The molecule has 7 N–H and O–H groups in total. The lowest BCUT2D eigenvalue weighted by Crippen LogP contribution is -3.00. The van der Waals surface area contributed by atoms with Crippen LogP contribution in [-0.4, -0.2) is 50.9 Å². The number of quaternary nitrogens is 1. The van der Waals surface area contributed by atoms with Gasteiger partial charge in [-0.05, 0) is 0 Å². The summed E-state index contributed by atoms with van der Waals surface area (Å²) in [5, 5.41) is 37.3. The summed E-state index contributed by atoms with van der Waals surface area (Å²) >= 11 is 0. The summed E-state index contributed by atoms with van der Waals surface area (Å²) in [6, 6.07) is -0.256. The molecular formula is C7H14ClNO4. The van der Waals surface area contributed by atoms with Gasteiger partial charge in [-0.3, -0.25) is 0 Å². The maximum absolute atomic E-state index is 9.69. The van der Waals surface area contributed by atoms with Crippen LogP contribution < -0.4 is 18.1 Å². The second-order valence-electron chi connectivity index (χ2n) is 3.80. The molecule has 0 aliphatic heterocycles. The summed E-state index contributed by atoms with van der Waals surface area (Å²) in [4.78, 5) is 0. The number of hydrogen-bond donors (Lipinski definition) is 5. The number of aliphatic hydroxyl groups excluding tert-OH is 3. The maximum atomic E-state index is 9.69. The van der Waals surface area contributed by atoms with Crippen molar-refractivity contribution in [1.29, 1.82) is 0 Å². The molecule has 0 aromatic rings. The zero-order valence-electron chi connectivity index (χ0n) is 6.97. The molecular weight excluding hydrogens is 198 g/mol. The predicted molar refractivity (Wildman–Crippen MR) is 37.7 cm³/mol. The second kappa shape index (κ2) is 3.05. The summed E-state index contributed by atoms with van der Waals surface area (Å²) in [7, 11) is 0. The van der Waals surface area contributed by atoms with Crippen LogP contribution in [0.15, 0.2) is 0 Å². The van der Waals surface area contributed by atoms with Crippen molar-refractivity contribution in [3.05, 3.63) is 0 Å². The van der Waals surface area contributed by atoms with Gasteiger partial charge in [-0.1, -0.05) is 0 Å². The van der Waals surface area contributed by atoms with E-state index in [-0.39, 0.29) is 31.0 Å². The van der Waals surface area contributed by atoms with Gasteiger partial charge in [0.05, 0.1) is 12.0 Å². The fraction of sp³-hybridized carbons (Fsp3) is 1.00. The molecule has 0 aromatic carbocycles. The summed E-state index contributed by atoms with van der Waals surface area (Å²) < 4.78 is 0. The highest BCUT2D eigenvalue weighted by molar-refractivity contribution is 5.26. The molecule has 0 radical (unpaired) electrons. The predicted octanol–water partition coefficient (Wildman–Crippen LogP) is -6.69. The molecule has 6 heteroatoms. The highest BCUT2D eigenvalue weighted by Crippen LogP contribution is 2.56. The Morgan fingerprint density at radius 2 is 1.85 bits per heavy atom. The van der Waals surface area contributed by atoms with Gasteiger partial charge in [0.15, 0.2) is 5.60 Å². The first kappa shape index (κ1) is 11.2. The Labute approximate surface area is 81.6 Å². The van der Waals surface area contributed by atoms with Crippen LogP contribution in [0.1, 0.15) is 0 Å². The SMILES string of the molecule is [Cl-].[NH3+][C@H]1[C@H]2[C@H](CO)[C@@H](O)[C@H](O)[C@]21O. The molecule has 0 amide bonds. The molecule has 2 rings (SSSR count). The van der Waals surface area contributed by atoms with E-state index in [4.69, 9.17) is 5.11 Å². The van der Waals surface area contributed by atoms with Crippen molar-refractivity contribution in [3.63, 3.8) is 0 Å². The van der Waals surface area contributed by atoms with E-state index in [2.05, 4.69) is 5.73 Å². The summed E-state index contributed by atoms with van der Waals surface area (Å²) in [6.07, 6.45) is -2.16. The van der Waals surface area contributed by atoms with Crippen LogP contribution in [0, 0.1) is 11.8 Å². The van der Waals surface area contributed by atoms with Crippen molar-refractivity contribution in [3.8, 4) is 0 Å². The van der Waals surface area contributed by atoms with E-state index in [9.17, 15) is 15.3 Å². The zero-order chi connectivity index (χ0) is 9.09. The third-order valence-electron chi connectivity index (χ3n) is 3.36. The van der Waals surface area contributed by atoms with E-state index in [0.29, 0.717) is 0 Å². The van der Waals surface area contributed by atoms with E-state index in [1.807, 2.05) is 0 Å². The minimum absolute atomic E-state index is 0. The minimum atomic E-state index is -1.24. The molecule has 2 aliphatic rings. The van der Waals surface area contributed by atoms with Gasteiger partial charge in [0, 0.05) is 12.5 Å². The molecule has 6 atom stereocenters. The number of hydrogen-bond acceptors (Lipinski definition) is 4. The van der Waals surface area contributed by atoms with E-state index >= 15 is 0 Å². The Morgan fingerprint density at radius 3 is 2.15 bits per heavy atom. The number of fused-ring (bicyclic) bond motifs is 1. The van der Waals surface area contributed by atoms with Crippen LogP contribution >= 0.6 is 0 Å². The first-order valence-electron chi connectivity index (χ1n) is 4.07. The minimum Gasteiger partial charge on any atom is -1.00 e. The van der Waals surface area contributed by atoms with Crippen molar-refractivity contribution >= 4 is 0 Å². The van der Waals surface area contributed by atoms with Crippen molar-refractivity contribution in [1.82, 2.24) is 0 Å². The highest BCUT2D eigenvalue weighted by atomic mass is 35.5. The summed E-state index contributed by atoms with van der Waals surface area (Å²) in [6.45, 7) is -0.211. The Kier molecular flexibility index (Phi) is 2.62. The Balaban J connectivity index is 0.000000845. The average Bonchev–Trinajstić information content (AvgIpc) is 2.50. The van der Waals surface area contributed by atoms with Crippen LogP contribution in [0.25, 0.3) is 0 Å². The molecule has 2 fully saturated rings. The molecule has 2 saturated carbocycles. The summed E-state index contributed by atoms with van der Waals surface area (Å²) in [5.74, 6) is -0.667. The van der Waals surface area contributed by atoms with Crippen LogP contribution in [0.5, 0.6) is 0 Å². The molecule has 13 heavy (non-hydrogen) atoms. The van der Waals surface area contributed by atoms with Gasteiger partial charge in [-0.2, -0.15) is 0 Å². The lowest BCUT2D eigenvalue weighted by Gasteiger charge is -2.20. The second-order valence-corrected chi connectivity index (χ2v) is 3.80. The monoisotopic (exact) mass is 211 g/mol. The molecule has 5 nitrogen and oxygen atoms in total. The van der Waals surface area contributed by atoms with Gasteiger partial charge in [-0.25, -0.2) is 0 Å². The Morgan fingerprint density at radius 1 is 1.31 bits per heavy atom. The molecule has 0 unspecified atom stereocenters. The lowest BCUT2D eigenvalue weighted by atomic mass is 9.99. The molecule has 0 spiro atoms. The van der Waals surface area contributed by atoms with Crippen molar-refractivity contribution < 1.29 is 38.6 Å². The van der Waals surface area contributed by atoms with E-state index in [1.54, 1.807) is 0 Å². The maximum Gasteiger partial charge on any atom is 0.153 e. The Bertz CT molecular complexity index is 217. The van der Waals surface area contributed by atoms with Crippen molar-refractivity contribution in [2.45, 2.75) is 23.9 Å². The third kappa shape index (κ3) is 1.06. The van der Waals surface area contributed by atoms with Gasteiger partial charge in [0.1, 0.15) is 12.1 Å². The fourth-order valence-corrected chi connectivity index (χ4v) is 2.50. The van der Waals surface area contributed by atoms with Crippen molar-refractivity contribution in [2.75, 3.05) is 6.61 Å². The van der Waals surface area contributed by atoms with E-state index in [0.717, 1.165) is 0 Å². The lowest BCUT2D eigenvalue weighted by molar-refractivity contribution is -0.409. The van der Waals surface area contributed by atoms with E-state index < -0.39 is 23.7 Å². The highest BCUT2D eigenvalue weighted by Gasteiger charge is 2.79. The molecule has 0 saturated heterocycles. The van der Waals surface area contributed by atoms with Crippen LogP contribution in [0.4, 0.5) is 0 Å². The van der Waals surface area contributed by atoms with Crippen LogP contribution in [0.2, 0.25) is 0 Å². The third-order valence-corrected chi connectivity index (χ3v) is 3.36. The zero-order valence-corrected chi connectivity index (χ0v) is 7.72. The summed E-state index contributed by atoms with van der Waals surface area (Å²) in [5.41, 5.74) is 2.41. The topological polar surface area (TPSA) is 109 Å². The molecule has 2 aliphatic carbocycles. The molecule has 78 valence electrons. The molecule has 0 bridgehead atoms. The molecule has 0 aromatic heterocycles. The number of rotatable bonds is 1. The van der Waals surface area contributed by atoms with Gasteiger partial charge >= 0.3 is 0 Å².